The van der Waals surface area contributed by atoms with E-state index in [1.165, 1.54) is 12.1 Å². The normalized spacial score (nSPS) is 12.2. The molecule has 1 amide bonds. The summed E-state index contributed by atoms with van der Waals surface area (Å²) in [6, 6.07) is 11.1. The van der Waals surface area contributed by atoms with Crippen LogP contribution in [-0.4, -0.2) is 43.2 Å². The van der Waals surface area contributed by atoms with Crippen molar-refractivity contribution < 1.29 is 27.5 Å². The van der Waals surface area contributed by atoms with Crippen molar-refractivity contribution in [3.63, 3.8) is 0 Å². The van der Waals surface area contributed by atoms with Gasteiger partial charge in [-0.15, -0.1) is 0 Å². The quantitative estimate of drug-likeness (QED) is 0.251. The van der Waals surface area contributed by atoms with Crippen LogP contribution in [0, 0.1) is 0 Å². The van der Waals surface area contributed by atoms with E-state index in [4.69, 9.17) is 5.14 Å². The van der Waals surface area contributed by atoms with Crippen LogP contribution in [0.15, 0.2) is 53.6 Å². The molecule has 1 aliphatic rings. The van der Waals surface area contributed by atoms with Crippen molar-refractivity contribution in [2.75, 3.05) is 17.7 Å². The molecule has 11 nitrogen and oxygen atoms in total. The maximum atomic E-state index is 12.1. The van der Waals surface area contributed by atoms with E-state index in [0.717, 1.165) is 29.5 Å². The zero-order valence-corrected chi connectivity index (χ0v) is 19.4. The highest BCUT2D eigenvalue weighted by molar-refractivity contribution is 7.89. The van der Waals surface area contributed by atoms with E-state index in [-0.39, 0.29) is 4.90 Å². The summed E-state index contributed by atoms with van der Waals surface area (Å²) in [5.74, 6) is -2.24. The first-order valence-corrected chi connectivity index (χ1v) is 12.0. The van der Waals surface area contributed by atoms with E-state index in [1.807, 2.05) is 0 Å². The van der Waals surface area contributed by atoms with E-state index < -0.39 is 34.1 Å². The van der Waals surface area contributed by atoms with Crippen LogP contribution in [0.1, 0.15) is 17.5 Å². The molecule has 35 heavy (non-hydrogen) atoms. The largest absolute Gasteiger partial charge is 0.469 e. The van der Waals surface area contributed by atoms with Crippen molar-refractivity contribution in [1.29, 1.82) is 0 Å². The Bertz CT molecular complexity index is 1440. The lowest BCUT2D eigenvalue weighted by Crippen LogP contribution is -2.25. The smallest absolute Gasteiger partial charge is 0.313 e. The number of primary sulfonamides is 1. The summed E-state index contributed by atoms with van der Waals surface area (Å²) in [5.41, 5.74) is 4.49. The number of nitrogens with zero attached hydrogens (tertiary/aromatic N) is 2. The molecule has 4 rings (SSSR count). The molecule has 1 heterocycles. The zero-order valence-electron chi connectivity index (χ0n) is 18.6. The van der Waals surface area contributed by atoms with Crippen molar-refractivity contribution in [2.45, 2.75) is 24.2 Å². The summed E-state index contributed by atoms with van der Waals surface area (Å²) >= 11 is 0. The number of nitrogens with one attached hydrogen (secondary N) is 2. The van der Waals surface area contributed by atoms with Gasteiger partial charge in [0.1, 0.15) is 6.42 Å². The van der Waals surface area contributed by atoms with Crippen LogP contribution >= 0.6 is 0 Å². The Morgan fingerprint density at radius 1 is 1.03 bits per heavy atom. The highest BCUT2D eigenvalue weighted by Crippen LogP contribution is 2.34. The monoisotopic (exact) mass is 495 g/mol. The van der Waals surface area contributed by atoms with Gasteiger partial charge in [-0.3, -0.25) is 14.4 Å². The number of fused-ring (bicyclic) bond motifs is 3. The lowest BCUT2D eigenvalue weighted by atomic mass is 9.89. The molecular weight excluding hydrogens is 474 g/mol. The minimum Gasteiger partial charge on any atom is -0.469 e. The second kappa shape index (κ2) is 9.60. The standard InChI is InChI=1S/C23H21N5O6S/c1-34-20(30)11-19(29)22(31)26-16-6-9-18-13(10-16)2-3-14-12-25-23(28-21(14)18)27-15-4-7-17(8-5-15)35(24,32)33/h4-10,12H,2-3,11H2,1H3,(H,26,31)(H2,24,32,33)(H,25,27,28). The van der Waals surface area contributed by atoms with Gasteiger partial charge in [0.25, 0.3) is 5.91 Å². The molecule has 3 aromatic rings. The van der Waals surface area contributed by atoms with Crippen LogP contribution in [0.25, 0.3) is 11.3 Å². The summed E-state index contributed by atoms with van der Waals surface area (Å²) in [4.78, 5) is 44.1. The van der Waals surface area contributed by atoms with Crippen molar-refractivity contribution in [1.82, 2.24) is 9.97 Å². The minimum absolute atomic E-state index is 0.00164. The van der Waals surface area contributed by atoms with Gasteiger partial charge in [0.2, 0.25) is 21.8 Å². The highest BCUT2D eigenvalue weighted by Gasteiger charge is 2.22. The van der Waals surface area contributed by atoms with Gasteiger partial charge in [0.05, 0.1) is 17.7 Å². The first kappa shape index (κ1) is 24.0. The number of carbonyl (C=O) groups excluding carboxylic acids is 3. The maximum absolute atomic E-state index is 12.1. The number of carbonyl (C=O) groups is 3. The van der Waals surface area contributed by atoms with Gasteiger partial charge in [-0.05, 0) is 60.4 Å². The molecule has 0 fully saturated rings. The summed E-state index contributed by atoms with van der Waals surface area (Å²) in [6.07, 6.45) is 2.48. The predicted molar refractivity (Wildman–Crippen MR) is 126 cm³/mol. The molecule has 180 valence electrons. The lowest BCUT2D eigenvalue weighted by molar-refractivity contribution is -0.146. The molecule has 2 aromatic carbocycles. The molecule has 0 bridgehead atoms. The maximum Gasteiger partial charge on any atom is 0.313 e. The fourth-order valence-corrected chi connectivity index (χ4v) is 4.12. The molecule has 0 spiro atoms. The molecule has 0 saturated heterocycles. The second-order valence-electron chi connectivity index (χ2n) is 7.76. The van der Waals surface area contributed by atoms with Crippen LogP contribution in [0.3, 0.4) is 0 Å². The average Bonchev–Trinajstić information content (AvgIpc) is 2.83. The molecule has 0 aliphatic heterocycles. The number of benzene rings is 2. The molecule has 0 unspecified atom stereocenters. The van der Waals surface area contributed by atoms with Crippen LogP contribution in [-0.2, 0) is 42.0 Å². The zero-order chi connectivity index (χ0) is 25.2. The Labute approximate surface area is 200 Å². The van der Waals surface area contributed by atoms with E-state index in [9.17, 15) is 22.8 Å². The number of amides is 1. The number of esters is 1. The third kappa shape index (κ3) is 5.50. The molecule has 0 saturated carbocycles. The summed E-state index contributed by atoms with van der Waals surface area (Å²) in [5, 5.41) is 10.7. The number of ketones is 1. The number of aryl methyl sites for hydroxylation is 2. The molecular formula is C23H21N5O6S. The topological polar surface area (TPSA) is 170 Å². The number of Topliss-reactive ketones (excluding diaryl/α,β-unsaturated/α-hetero) is 1. The Morgan fingerprint density at radius 3 is 2.40 bits per heavy atom. The molecule has 0 radical (unpaired) electrons. The number of nitrogens with two attached hydrogens (primary N) is 1. The van der Waals surface area contributed by atoms with E-state index in [0.29, 0.717) is 30.2 Å². The van der Waals surface area contributed by atoms with E-state index in [1.54, 1.807) is 36.5 Å². The third-order valence-electron chi connectivity index (χ3n) is 5.37. The third-order valence-corrected chi connectivity index (χ3v) is 6.30. The molecule has 1 aromatic heterocycles. The molecule has 4 N–H and O–H groups in total. The fourth-order valence-electron chi connectivity index (χ4n) is 3.60. The van der Waals surface area contributed by atoms with Crippen molar-refractivity contribution in [3.8, 4) is 11.3 Å². The highest BCUT2D eigenvalue weighted by atomic mass is 32.2. The number of anilines is 3. The number of aromatic nitrogens is 2. The number of hydrogen-bond donors (Lipinski definition) is 3. The lowest BCUT2D eigenvalue weighted by Gasteiger charge is -2.20. The van der Waals surface area contributed by atoms with Crippen LogP contribution in [0.4, 0.5) is 17.3 Å². The van der Waals surface area contributed by atoms with Gasteiger partial charge in [-0.25, -0.2) is 23.5 Å². The van der Waals surface area contributed by atoms with Gasteiger partial charge in [0, 0.05) is 23.1 Å². The van der Waals surface area contributed by atoms with E-state index in [2.05, 4.69) is 25.3 Å². The first-order valence-electron chi connectivity index (χ1n) is 10.4. The van der Waals surface area contributed by atoms with Crippen molar-refractivity contribution >= 4 is 45.0 Å². The molecule has 1 aliphatic carbocycles. The Hall–Kier alpha value is -4.16. The van der Waals surface area contributed by atoms with E-state index >= 15 is 0 Å². The van der Waals surface area contributed by atoms with Gasteiger partial charge < -0.3 is 15.4 Å². The SMILES string of the molecule is COC(=O)CC(=O)C(=O)Nc1ccc2c(c1)CCc1cnc(Nc3ccc(S(N)(=O)=O)cc3)nc1-2. The van der Waals surface area contributed by atoms with Gasteiger partial charge in [-0.2, -0.15) is 0 Å². The first-order chi connectivity index (χ1) is 16.6. The Morgan fingerprint density at radius 2 is 1.71 bits per heavy atom. The Kier molecular flexibility index (Phi) is 6.58. The minimum atomic E-state index is -3.79. The number of rotatable bonds is 7. The fraction of sp³-hybridized carbons (Fsp3) is 0.174. The van der Waals surface area contributed by atoms with Crippen molar-refractivity contribution in [3.05, 3.63) is 59.8 Å². The number of ether oxygens (including phenoxy) is 1. The van der Waals surface area contributed by atoms with Gasteiger partial charge in [-0.1, -0.05) is 6.07 Å². The number of sulfonamides is 1. The summed E-state index contributed by atoms with van der Waals surface area (Å²) < 4.78 is 27.3. The Balaban J connectivity index is 1.53. The van der Waals surface area contributed by atoms with Gasteiger partial charge >= 0.3 is 5.97 Å². The number of methoxy groups -OCH3 is 1. The number of hydrogen-bond acceptors (Lipinski definition) is 9. The van der Waals surface area contributed by atoms with Crippen LogP contribution in [0.5, 0.6) is 0 Å². The van der Waals surface area contributed by atoms with Crippen molar-refractivity contribution in [2.24, 2.45) is 5.14 Å². The molecule has 12 heteroatoms. The van der Waals surface area contributed by atoms with Gasteiger partial charge in [0.15, 0.2) is 0 Å². The van der Waals surface area contributed by atoms with Crippen LogP contribution in [0.2, 0.25) is 0 Å². The predicted octanol–water partition coefficient (Wildman–Crippen LogP) is 1.70. The molecule has 0 atom stereocenters. The van der Waals surface area contributed by atoms with Crippen LogP contribution < -0.4 is 15.8 Å². The second-order valence-corrected chi connectivity index (χ2v) is 9.33. The average molecular weight is 496 g/mol. The summed E-state index contributed by atoms with van der Waals surface area (Å²) in [7, 11) is -2.64. The summed E-state index contributed by atoms with van der Waals surface area (Å²) in [6.45, 7) is 0.